The molecule has 0 heterocycles. The molecular formula is C16H13F2NO. The molecule has 0 unspecified atom stereocenters. The van der Waals surface area contributed by atoms with E-state index in [1.54, 1.807) is 30.3 Å². The van der Waals surface area contributed by atoms with Crippen LogP contribution in [0.3, 0.4) is 0 Å². The SMILES string of the molecule is Nc1ccc(/C=C/C(=O)Cc2cc(F)cc(F)c2)cc1. The molecule has 2 aromatic carbocycles. The van der Waals surface area contributed by atoms with Crippen molar-refractivity contribution in [1.29, 1.82) is 0 Å². The molecule has 0 saturated heterocycles. The topological polar surface area (TPSA) is 43.1 Å². The monoisotopic (exact) mass is 273 g/mol. The summed E-state index contributed by atoms with van der Waals surface area (Å²) >= 11 is 0. The number of carbonyl (C=O) groups excluding carboxylic acids is 1. The summed E-state index contributed by atoms with van der Waals surface area (Å²) in [6, 6.07) is 10.1. The molecule has 2 nitrogen and oxygen atoms in total. The van der Waals surface area contributed by atoms with E-state index in [9.17, 15) is 13.6 Å². The van der Waals surface area contributed by atoms with Crippen LogP contribution in [0.15, 0.2) is 48.5 Å². The van der Waals surface area contributed by atoms with Gasteiger partial charge in [0.1, 0.15) is 11.6 Å². The third kappa shape index (κ3) is 4.02. The highest BCUT2D eigenvalue weighted by atomic mass is 19.1. The first kappa shape index (κ1) is 13.9. The Morgan fingerprint density at radius 2 is 1.65 bits per heavy atom. The molecule has 0 atom stereocenters. The molecule has 0 aliphatic carbocycles. The average Bonchev–Trinajstić information content (AvgIpc) is 2.37. The van der Waals surface area contributed by atoms with E-state index in [1.807, 2.05) is 0 Å². The fraction of sp³-hybridized carbons (Fsp3) is 0.0625. The van der Waals surface area contributed by atoms with Gasteiger partial charge in [-0.1, -0.05) is 18.2 Å². The minimum Gasteiger partial charge on any atom is -0.399 e. The average molecular weight is 273 g/mol. The lowest BCUT2D eigenvalue weighted by Gasteiger charge is -1.99. The zero-order valence-corrected chi connectivity index (χ0v) is 10.6. The molecule has 4 heteroatoms. The van der Waals surface area contributed by atoms with Crippen LogP contribution in [-0.2, 0) is 11.2 Å². The fourth-order valence-corrected chi connectivity index (χ4v) is 1.77. The molecule has 20 heavy (non-hydrogen) atoms. The van der Waals surface area contributed by atoms with Gasteiger partial charge in [-0.15, -0.1) is 0 Å². The Morgan fingerprint density at radius 1 is 1.05 bits per heavy atom. The fourth-order valence-electron chi connectivity index (χ4n) is 1.77. The highest BCUT2D eigenvalue weighted by molar-refractivity contribution is 5.95. The molecule has 0 radical (unpaired) electrons. The van der Waals surface area contributed by atoms with Crippen molar-refractivity contribution < 1.29 is 13.6 Å². The summed E-state index contributed by atoms with van der Waals surface area (Å²) < 4.78 is 26.0. The first-order chi connectivity index (χ1) is 9.52. The van der Waals surface area contributed by atoms with Gasteiger partial charge in [-0.2, -0.15) is 0 Å². The van der Waals surface area contributed by atoms with E-state index in [0.29, 0.717) is 11.3 Å². The van der Waals surface area contributed by atoms with E-state index in [1.165, 1.54) is 6.08 Å². The Labute approximate surface area is 115 Å². The van der Waals surface area contributed by atoms with Gasteiger partial charge in [0.25, 0.3) is 0 Å². The van der Waals surface area contributed by atoms with Crippen molar-refractivity contribution in [3.05, 3.63) is 71.3 Å². The number of benzene rings is 2. The smallest absolute Gasteiger partial charge is 0.160 e. The van der Waals surface area contributed by atoms with Gasteiger partial charge < -0.3 is 5.73 Å². The molecule has 2 rings (SSSR count). The summed E-state index contributed by atoms with van der Waals surface area (Å²) in [4.78, 5) is 11.7. The largest absolute Gasteiger partial charge is 0.399 e. The van der Waals surface area contributed by atoms with Crippen LogP contribution >= 0.6 is 0 Å². The normalized spacial score (nSPS) is 10.9. The Balaban J connectivity index is 2.03. The minimum atomic E-state index is -0.685. The van der Waals surface area contributed by atoms with Crippen LogP contribution in [0.5, 0.6) is 0 Å². The Morgan fingerprint density at radius 3 is 2.25 bits per heavy atom. The van der Waals surface area contributed by atoms with Crippen LogP contribution in [0.4, 0.5) is 14.5 Å². The number of hydrogen-bond donors (Lipinski definition) is 1. The van der Waals surface area contributed by atoms with Gasteiger partial charge >= 0.3 is 0 Å². The molecule has 2 aromatic rings. The molecule has 0 aromatic heterocycles. The Bertz CT molecular complexity index is 628. The van der Waals surface area contributed by atoms with E-state index >= 15 is 0 Å². The predicted octanol–water partition coefficient (Wildman–Crippen LogP) is 3.37. The predicted molar refractivity (Wildman–Crippen MR) is 75.0 cm³/mol. The first-order valence-corrected chi connectivity index (χ1v) is 6.04. The van der Waals surface area contributed by atoms with Crippen LogP contribution in [0.2, 0.25) is 0 Å². The molecule has 0 aliphatic rings. The van der Waals surface area contributed by atoms with Crippen molar-refractivity contribution in [2.75, 3.05) is 5.73 Å². The number of halogens is 2. The Hall–Kier alpha value is -2.49. The Kier molecular flexibility index (Phi) is 4.25. The summed E-state index contributed by atoms with van der Waals surface area (Å²) in [7, 11) is 0. The maximum atomic E-state index is 13.0. The lowest BCUT2D eigenvalue weighted by Crippen LogP contribution is -1.99. The second-order valence-electron chi connectivity index (χ2n) is 4.42. The van der Waals surface area contributed by atoms with Crippen LogP contribution in [0.25, 0.3) is 6.08 Å². The minimum absolute atomic E-state index is 0.0415. The van der Waals surface area contributed by atoms with Gasteiger partial charge in [0.05, 0.1) is 0 Å². The van der Waals surface area contributed by atoms with Crippen molar-refractivity contribution in [3.8, 4) is 0 Å². The number of nitrogens with two attached hydrogens (primary N) is 1. The number of rotatable bonds is 4. The number of nitrogen functional groups attached to an aromatic ring is 1. The molecule has 0 aliphatic heterocycles. The lowest BCUT2D eigenvalue weighted by atomic mass is 10.1. The lowest BCUT2D eigenvalue weighted by molar-refractivity contribution is -0.113. The summed E-state index contributed by atoms with van der Waals surface area (Å²) in [5.74, 6) is -1.60. The standard InChI is InChI=1S/C16H13F2NO/c17-13-7-12(8-14(18)10-13)9-16(20)6-3-11-1-4-15(19)5-2-11/h1-8,10H,9,19H2/b6-3+. The highest BCUT2D eigenvalue weighted by Crippen LogP contribution is 2.10. The number of anilines is 1. The molecular weight excluding hydrogens is 260 g/mol. The van der Waals surface area contributed by atoms with Gasteiger partial charge in [-0.3, -0.25) is 4.79 Å². The maximum absolute atomic E-state index is 13.0. The third-order valence-electron chi connectivity index (χ3n) is 2.70. The summed E-state index contributed by atoms with van der Waals surface area (Å²) in [6.07, 6.45) is 2.98. The zero-order valence-electron chi connectivity index (χ0n) is 10.6. The summed E-state index contributed by atoms with van der Waals surface area (Å²) in [5.41, 5.74) is 7.34. The summed E-state index contributed by atoms with van der Waals surface area (Å²) in [6.45, 7) is 0. The second kappa shape index (κ2) is 6.10. The number of allylic oxidation sites excluding steroid dienone is 1. The van der Waals surface area contributed by atoms with Gasteiger partial charge in [0, 0.05) is 18.2 Å². The van der Waals surface area contributed by atoms with Crippen molar-refractivity contribution in [2.45, 2.75) is 6.42 Å². The van der Waals surface area contributed by atoms with Crippen molar-refractivity contribution in [1.82, 2.24) is 0 Å². The number of ketones is 1. The van der Waals surface area contributed by atoms with Crippen molar-refractivity contribution >= 4 is 17.5 Å². The van der Waals surface area contributed by atoms with Crippen molar-refractivity contribution in [3.63, 3.8) is 0 Å². The maximum Gasteiger partial charge on any atom is 0.160 e. The van der Waals surface area contributed by atoms with E-state index in [4.69, 9.17) is 5.73 Å². The van der Waals surface area contributed by atoms with Gasteiger partial charge in [0.2, 0.25) is 0 Å². The quantitative estimate of drug-likeness (QED) is 0.685. The molecule has 2 N–H and O–H groups in total. The molecule has 102 valence electrons. The van der Waals surface area contributed by atoms with Crippen LogP contribution in [0, 0.1) is 11.6 Å². The second-order valence-corrected chi connectivity index (χ2v) is 4.42. The zero-order chi connectivity index (χ0) is 14.5. The summed E-state index contributed by atoms with van der Waals surface area (Å²) in [5, 5.41) is 0. The molecule has 0 bridgehead atoms. The van der Waals surface area contributed by atoms with Crippen LogP contribution in [-0.4, -0.2) is 5.78 Å². The van der Waals surface area contributed by atoms with Crippen LogP contribution in [0.1, 0.15) is 11.1 Å². The van der Waals surface area contributed by atoms with E-state index in [-0.39, 0.29) is 12.2 Å². The number of hydrogen-bond acceptors (Lipinski definition) is 2. The first-order valence-electron chi connectivity index (χ1n) is 6.04. The van der Waals surface area contributed by atoms with E-state index in [0.717, 1.165) is 23.8 Å². The third-order valence-corrected chi connectivity index (χ3v) is 2.70. The molecule has 0 saturated carbocycles. The number of carbonyl (C=O) groups is 1. The molecule has 0 fully saturated rings. The molecule has 0 amide bonds. The van der Waals surface area contributed by atoms with Crippen LogP contribution < -0.4 is 5.73 Å². The van der Waals surface area contributed by atoms with Gasteiger partial charge in [-0.25, -0.2) is 8.78 Å². The van der Waals surface area contributed by atoms with E-state index in [2.05, 4.69) is 0 Å². The van der Waals surface area contributed by atoms with Gasteiger partial charge in [-0.05, 0) is 41.5 Å². The van der Waals surface area contributed by atoms with Gasteiger partial charge in [0.15, 0.2) is 5.78 Å². The van der Waals surface area contributed by atoms with E-state index < -0.39 is 11.6 Å². The van der Waals surface area contributed by atoms with Crippen molar-refractivity contribution in [2.24, 2.45) is 0 Å². The highest BCUT2D eigenvalue weighted by Gasteiger charge is 2.04. The molecule has 0 spiro atoms.